The molecule has 102 valence electrons. The Hall–Kier alpha value is -1.10. The van der Waals surface area contributed by atoms with Gasteiger partial charge in [0.25, 0.3) is 0 Å². The molecular weight excluding hydrogens is 234 g/mol. The summed E-state index contributed by atoms with van der Waals surface area (Å²) in [6.45, 7) is 3.15. The zero-order chi connectivity index (χ0) is 13.1. The van der Waals surface area contributed by atoms with Crippen molar-refractivity contribution in [2.24, 2.45) is 5.92 Å². The molecule has 0 aromatic carbocycles. The topological polar surface area (TPSA) is 66.8 Å². The zero-order valence-electron chi connectivity index (χ0n) is 10.8. The molecule has 0 aromatic heterocycles. The van der Waals surface area contributed by atoms with E-state index in [0.717, 1.165) is 25.7 Å². The monoisotopic (exact) mass is 255 g/mol. The van der Waals surface area contributed by atoms with Gasteiger partial charge in [0.05, 0.1) is 25.0 Å². The fourth-order valence-corrected chi connectivity index (χ4v) is 2.93. The first kappa shape index (κ1) is 13.3. The number of carboxylic acid groups (broad SMARTS) is 1. The number of piperidine rings is 1. The number of hydrogen-bond acceptors (Lipinski definition) is 3. The van der Waals surface area contributed by atoms with Gasteiger partial charge in [0.2, 0.25) is 5.91 Å². The summed E-state index contributed by atoms with van der Waals surface area (Å²) in [7, 11) is 0. The van der Waals surface area contributed by atoms with Crippen LogP contribution in [0.3, 0.4) is 0 Å². The van der Waals surface area contributed by atoms with Crippen LogP contribution in [-0.4, -0.2) is 47.2 Å². The van der Waals surface area contributed by atoms with Crippen LogP contribution in [0.15, 0.2) is 0 Å². The van der Waals surface area contributed by atoms with Crippen LogP contribution < -0.4 is 0 Å². The third-order valence-electron chi connectivity index (χ3n) is 3.87. The third kappa shape index (κ3) is 3.02. The maximum Gasteiger partial charge on any atom is 0.305 e. The fourth-order valence-electron chi connectivity index (χ4n) is 2.93. The van der Waals surface area contributed by atoms with Crippen LogP contribution in [0.25, 0.3) is 0 Å². The van der Waals surface area contributed by atoms with E-state index in [1.54, 1.807) is 4.90 Å². The Kier molecular flexibility index (Phi) is 4.22. The maximum atomic E-state index is 12.4. The van der Waals surface area contributed by atoms with Gasteiger partial charge >= 0.3 is 5.97 Å². The summed E-state index contributed by atoms with van der Waals surface area (Å²) in [6, 6.07) is -0.125. The molecule has 2 fully saturated rings. The molecule has 0 saturated carbocycles. The number of carbonyl (C=O) groups is 2. The van der Waals surface area contributed by atoms with E-state index < -0.39 is 5.97 Å². The lowest BCUT2D eigenvalue weighted by Gasteiger charge is -2.36. The highest BCUT2D eigenvalue weighted by Crippen LogP contribution is 2.26. The molecule has 1 amide bonds. The van der Waals surface area contributed by atoms with Crippen molar-refractivity contribution in [1.82, 2.24) is 4.90 Å². The molecule has 18 heavy (non-hydrogen) atoms. The van der Waals surface area contributed by atoms with Crippen molar-refractivity contribution in [3.05, 3.63) is 0 Å². The minimum atomic E-state index is -0.823. The number of carboxylic acids is 1. The van der Waals surface area contributed by atoms with Crippen molar-refractivity contribution < 1.29 is 19.4 Å². The van der Waals surface area contributed by atoms with Gasteiger partial charge in [-0.05, 0) is 32.6 Å². The van der Waals surface area contributed by atoms with Gasteiger partial charge < -0.3 is 14.7 Å². The Balaban J connectivity index is 1.99. The van der Waals surface area contributed by atoms with Gasteiger partial charge in [-0.15, -0.1) is 0 Å². The van der Waals surface area contributed by atoms with Crippen molar-refractivity contribution in [1.29, 1.82) is 0 Å². The molecule has 2 heterocycles. The van der Waals surface area contributed by atoms with Gasteiger partial charge in [-0.3, -0.25) is 9.59 Å². The summed E-state index contributed by atoms with van der Waals surface area (Å²) in [5.41, 5.74) is 0. The highest BCUT2D eigenvalue weighted by atomic mass is 16.5. The van der Waals surface area contributed by atoms with Crippen LogP contribution >= 0.6 is 0 Å². The summed E-state index contributed by atoms with van der Waals surface area (Å²) in [4.78, 5) is 25.0. The van der Waals surface area contributed by atoms with E-state index >= 15 is 0 Å². The van der Waals surface area contributed by atoms with Crippen molar-refractivity contribution in [2.75, 3.05) is 13.2 Å². The molecule has 0 spiro atoms. The number of rotatable bonds is 3. The quantitative estimate of drug-likeness (QED) is 0.824. The van der Waals surface area contributed by atoms with E-state index in [9.17, 15) is 9.59 Å². The number of carbonyl (C=O) groups excluding carboxylic acids is 1. The van der Waals surface area contributed by atoms with Gasteiger partial charge in [0.15, 0.2) is 0 Å². The summed E-state index contributed by atoms with van der Waals surface area (Å²) in [6.07, 6.45) is 3.76. The highest BCUT2D eigenvalue weighted by Gasteiger charge is 2.36. The molecule has 3 atom stereocenters. The number of likely N-dealkylation sites (tertiary alicyclic amines) is 1. The second-order valence-corrected chi connectivity index (χ2v) is 5.36. The molecule has 0 radical (unpaired) electrons. The lowest BCUT2D eigenvalue weighted by Crippen LogP contribution is -2.47. The van der Waals surface area contributed by atoms with Crippen molar-refractivity contribution >= 4 is 11.9 Å². The molecule has 0 bridgehead atoms. The van der Waals surface area contributed by atoms with Crippen LogP contribution in [0.5, 0.6) is 0 Å². The molecule has 2 aliphatic rings. The summed E-state index contributed by atoms with van der Waals surface area (Å²) < 4.78 is 5.43. The molecule has 0 aromatic rings. The molecule has 3 unspecified atom stereocenters. The van der Waals surface area contributed by atoms with E-state index in [0.29, 0.717) is 13.2 Å². The Morgan fingerprint density at radius 2 is 2.17 bits per heavy atom. The first-order valence-electron chi connectivity index (χ1n) is 6.72. The second-order valence-electron chi connectivity index (χ2n) is 5.36. The van der Waals surface area contributed by atoms with Crippen LogP contribution in [-0.2, 0) is 14.3 Å². The SMILES string of the molecule is CC1CC(C(=O)N2CCCCC2CC(=O)O)CO1. The Morgan fingerprint density at radius 1 is 1.39 bits per heavy atom. The summed E-state index contributed by atoms with van der Waals surface area (Å²) >= 11 is 0. The molecule has 2 saturated heterocycles. The zero-order valence-corrected chi connectivity index (χ0v) is 10.8. The van der Waals surface area contributed by atoms with Gasteiger partial charge in [-0.25, -0.2) is 0 Å². The maximum absolute atomic E-state index is 12.4. The Labute approximate surface area is 107 Å². The molecule has 5 heteroatoms. The smallest absolute Gasteiger partial charge is 0.305 e. The second kappa shape index (κ2) is 5.69. The lowest BCUT2D eigenvalue weighted by molar-refractivity contribution is -0.143. The molecule has 1 N–H and O–H groups in total. The third-order valence-corrected chi connectivity index (χ3v) is 3.87. The first-order valence-corrected chi connectivity index (χ1v) is 6.72. The van der Waals surface area contributed by atoms with Gasteiger partial charge in [-0.2, -0.15) is 0 Å². The minimum Gasteiger partial charge on any atom is -0.481 e. The van der Waals surface area contributed by atoms with Crippen molar-refractivity contribution in [2.45, 2.75) is 51.2 Å². The number of ether oxygens (including phenoxy) is 1. The van der Waals surface area contributed by atoms with Crippen molar-refractivity contribution in [3.63, 3.8) is 0 Å². The average molecular weight is 255 g/mol. The molecule has 5 nitrogen and oxygen atoms in total. The van der Waals surface area contributed by atoms with Crippen LogP contribution in [0.1, 0.15) is 39.0 Å². The first-order chi connectivity index (χ1) is 8.58. The van der Waals surface area contributed by atoms with Crippen LogP contribution in [0.4, 0.5) is 0 Å². The van der Waals surface area contributed by atoms with E-state index in [-0.39, 0.29) is 30.4 Å². The number of aliphatic carboxylic acids is 1. The number of amides is 1. The molecular formula is C13H21NO4. The van der Waals surface area contributed by atoms with E-state index in [2.05, 4.69) is 0 Å². The van der Waals surface area contributed by atoms with E-state index in [4.69, 9.17) is 9.84 Å². The normalized spacial score (nSPS) is 32.5. The minimum absolute atomic E-state index is 0.0644. The number of nitrogens with zero attached hydrogens (tertiary/aromatic N) is 1. The molecule has 2 aliphatic heterocycles. The van der Waals surface area contributed by atoms with Gasteiger partial charge in [0, 0.05) is 12.6 Å². The largest absolute Gasteiger partial charge is 0.481 e. The number of hydrogen-bond donors (Lipinski definition) is 1. The van der Waals surface area contributed by atoms with E-state index in [1.165, 1.54) is 0 Å². The van der Waals surface area contributed by atoms with Gasteiger partial charge in [-0.1, -0.05) is 0 Å². The lowest BCUT2D eigenvalue weighted by atomic mass is 9.96. The summed E-state index contributed by atoms with van der Waals surface area (Å²) in [5.74, 6) is -0.810. The highest BCUT2D eigenvalue weighted by molar-refractivity contribution is 5.80. The fraction of sp³-hybridized carbons (Fsp3) is 0.846. The van der Waals surface area contributed by atoms with Crippen molar-refractivity contribution in [3.8, 4) is 0 Å². The Bertz CT molecular complexity index is 331. The Morgan fingerprint density at radius 3 is 2.78 bits per heavy atom. The molecule has 2 rings (SSSR count). The van der Waals surface area contributed by atoms with Crippen LogP contribution in [0.2, 0.25) is 0 Å². The summed E-state index contributed by atoms with van der Waals surface area (Å²) in [5, 5.41) is 8.91. The van der Waals surface area contributed by atoms with E-state index in [1.807, 2.05) is 6.92 Å². The van der Waals surface area contributed by atoms with Crippen LogP contribution in [0, 0.1) is 5.92 Å². The predicted molar refractivity (Wildman–Crippen MR) is 65.1 cm³/mol. The average Bonchev–Trinajstić information content (AvgIpc) is 2.75. The molecule has 0 aliphatic carbocycles. The standard InChI is InChI=1S/C13H21NO4/c1-9-6-10(8-18-9)13(17)14-5-3-2-4-11(14)7-12(15)16/h9-11H,2-8H2,1H3,(H,15,16). The van der Waals surface area contributed by atoms with Gasteiger partial charge in [0.1, 0.15) is 0 Å². The predicted octanol–water partition coefficient (Wildman–Crippen LogP) is 1.27.